The fourth-order valence-corrected chi connectivity index (χ4v) is 4.73. The van der Waals surface area contributed by atoms with Gasteiger partial charge < -0.3 is 13.3 Å². The summed E-state index contributed by atoms with van der Waals surface area (Å²) in [5.41, 5.74) is 0. The highest BCUT2D eigenvalue weighted by molar-refractivity contribution is 6.60. The van der Waals surface area contributed by atoms with Gasteiger partial charge in [-0.15, -0.1) is 0 Å². The molecule has 0 bridgehead atoms. The van der Waals surface area contributed by atoms with Crippen LogP contribution in [0.5, 0.6) is 0 Å². The summed E-state index contributed by atoms with van der Waals surface area (Å²) in [6, 6.07) is 0.957. The summed E-state index contributed by atoms with van der Waals surface area (Å²) in [6.45, 7) is 10.2. The Morgan fingerprint density at radius 3 is 1.72 bits per heavy atom. The van der Waals surface area contributed by atoms with Gasteiger partial charge in [-0.3, -0.25) is 0 Å². The molecule has 0 aliphatic heterocycles. The van der Waals surface area contributed by atoms with Gasteiger partial charge in [-0.1, -0.05) is 32.6 Å². The highest BCUT2D eigenvalue weighted by Crippen LogP contribution is 2.20. The third-order valence-corrected chi connectivity index (χ3v) is 5.97. The van der Waals surface area contributed by atoms with Gasteiger partial charge in [0, 0.05) is 25.9 Å². The summed E-state index contributed by atoms with van der Waals surface area (Å²) < 4.78 is 17.5. The summed E-state index contributed by atoms with van der Waals surface area (Å²) in [5, 5.41) is 0. The molecule has 0 aliphatic carbocycles. The van der Waals surface area contributed by atoms with E-state index in [0.29, 0.717) is 19.8 Å². The molecule has 0 spiro atoms. The highest BCUT2D eigenvalue weighted by atomic mass is 28.4. The minimum absolute atomic E-state index is 0.678. The van der Waals surface area contributed by atoms with Crippen LogP contribution in [0, 0.1) is 6.42 Å². The third-order valence-electron chi connectivity index (χ3n) is 2.82. The van der Waals surface area contributed by atoms with Crippen LogP contribution in [0.25, 0.3) is 0 Å². The van der Waals surface area contributed by atoms with Gasteiger partial charge in [-0.25, -0.2) is 0 Å². The van der Waals surface area contributed by atoms with Crippen LogP contribution in [0.1, 0.15) is 59.8 Å². The van der Waals surface area contributed by atoms with Crippen LogP contribution in [0.4, 0.5) is 0 Å². The first-order valence-electron chi connectivity index (χ1n) is 7.44. The van der Waals surface area contributed by atoms with E-state index in [1.807, 2.05) is 20.8 Å². The van der Waals surface area contributed by atoms with Crippen molar-refractivity contribution in [3.05, 3.63) is 6.42 Å². The van der Waals surface area contributed by atoms with Gasteiger partial charge in [0.15, 0.2) is 0 Å². The SMILES string of the molecule is C[CH]CCCCCC[Si](OCC)(OCC)OCC. The summed E-state index contributed by atoms with van der Waals surface area (Å²) in [5.74, 6) is 0. The average molecular weight is 275 g/mol. The predicted octanol–water partition coefficient (Wildman–Crippen LogP) is 4.21. The smallest absolute Gasteiger partial charge is 0.374 e. The Morgan fingerprint density at radius 1 is 0.778 bits per heavy atom. The van der Waals surface area contributed by atoms with Crippen molar-refractivity contribution in [3.8, 4) is 0 Å². The van der Waals surface area contributed by atoms with Crippen molar-refractivity contribution in [1.29, 1.82) is 0 Å². The van der Waals surface area contributed by atoms with Gasteiger partial charge in [0.05, 0.1) is 0 Å². The topological polar surface area (TPSA) is 27.7 Å². The summed E-state index contributed by atoms with van der Waals surface area (Å²) in [4.78, 5) is 0. The Bertz CT molecular complexity index is 159. The number of rotatable bonds is 13. The summed E-state index contributed by atoms with van der Waals surface area (Å²) in [7, 11) is -2.37. The van der Waals surface area contributed by atoms with Crippen LogP contribution >= 0.6 is 0 Å². The van der Waals surface area contributed by atoms with E-state index in [4.69, 9.17) is 13.3 Å². The fourth-order valence-electron chi connectivity index (χ4n) is 2.04. The molecule has 0 saturated heterocycles. The standard InChI is InChI=1S/C14H31O3Si/c1-5-9-10-11-12-13-14-18(15-6-2,16-7-3)17-8-4/h5H,6-14H2,1-4H3. The molecule has 0 aromatic heterocycles. The van der Waals surface area contributed by atoms with Gasteiger partial charge in [-0.2, -0.15) is 0 Å². The Labute approximate surface area is 115 Å². The zero-order valence-corrected chi connectivity index (χ0v) is 13.7. The van der Waals surface area contributed by atoms with Gasteiger partial charge in [0.2, 0.25) is 0 Å². The first-order valence-corrected chi connectivity index (χ1v) is 9.37. The normalized spacial score (nSPS) is 12.0. The van der Waals surface area contributed by atoms with Crippen molar-refractivity contribution in [2.45, 2.75) is 65.8 Å². The molecule has 0 unspecified atom stereocenters. The molecule has 109 valence electrons. The first-order chi connectivity index (χ1) is 8.74. The zero-order valence-electron chi connectivity index (χ0n) is 12.7. The van der Waals surface area contributed by atoms with Crippen LogP contribution in [-0.4, -0.2) is 28.6 Å². The fraction of sp³-hybridized carbons (Fsp3) is 0.929. The molecule has 0 N–H and O–H groups in total. The second-order valence-corrected chi connectivity index (χ2v) is 7.08. The molecule has 0 aromatic carbocycles. The molecule has 0 aliphatic rings. The molecule has 3 nitrogen and oxygen atoms in total. The lowest BCUT2D eigenvalue weighted by molar-refractivity contribution is 0.0706. The van der Waals surface area contributed by atoms with Crippen molar-refractivity contribution in [2.24, 2.45) is 0 Å². The quantitative estimate of drug-likeness (QED) is 0.372. The van der Waals surface area contributed by atoms with Crippen molar-refractivity contribution in [1.82, 2.24) is 0 Å². The molecule has 0 atom stereocenters. The third kappa shape index (κ3) is 8.24. The van der Waals surface area contributed by atoms with Crippen molar-refractivity contribution >= 4 is 8.80 Å². The van der Waals surface area contributed by atoms with Crippen molar-refractivity contribution < 1.29 is 13.3 Å². The van der Waals surface area contributed by atoms with E-state index in [9.17, 15) is 0 Å². The largest absolute Gasteiger partial charge is 0.500 e. The molecule has 0 fully saturated rings. The molecule has 1 radical (unpaired) electrons. The Hall–Kier alpha value is 0.0969. The molecule has 0 heterocycles. The number of hydrogen-bond acceptors (Lipinski definition) is 3. The van der Waals surface area contributed by atoms with Crippen LogP contribution in [0.3, 0.4) is 0 Å². The van der Waals surface area contributed by atoms with Gasteiger partial charge in [0.1, 0.15) is 0 Å². The van der Waals surface area contributed by atoms with Crippen LogP contribution in [0.2, 0.25) is 6.04 Å². The Morgan fingerprint density at radius 2 is 1.28 bits per heavy atom. The Balaban J connectivity index is 3.97. The maximum Gasteiger partial charge on any atom is 0.500 e. The summed E-state index contributed by atoms with van der Waals surface area (Å²) >= 11 is 0. The van der Waals surface area contributed by atoms with E-state index in [0.717, 1.165) is 12.5 Å². The molecule has 0 rings (SSSR count). The second-order valence-electron chi connectivity index (χ2n) is 4.34. The average Bonchev–Trinajstić information content (AvgIpc) is 2.35. The van der Waals surface area contributed by atoms with Crippen molar-refractivity contribution in [3.63, 3.8) is 0 Å². The minimum Gasteiger partial charge on any atom is -0.374 e. The monoisotopic (exact) mass is 275 g/mol. The van der Waals surface area contributed by atoms with E-state index in [1.165, 1.54) is 25.7 Å². The lowest BCUT2D eigenvalue weighted by Gasteiger charge is -2.28. The van der Waals surface area contributed by atoms with Crippen LogP contribution in [-0.2, 0) is 13.3 Å². The minimum atomic E-state index is -2.37. The zero-order chi connectivity index (χ0) is 13.7. The molecule has 0 amide bonds. The molecular weight excluding hydrogens is 244 g/mol. The van der Waals surface area contributed by atoms with Crippen molar-refractivity contribution in [2.75, 3.05) is 19.8 Å². The van der Waals surface area contributed by atoms with E-state index >= 15 is 0 Å². The maximum atomic E-state index is 5.83. The van der Waals surface area contributed by atoms with E-state index in [-0.39, 0.29) is 0 Å². The molecule has 18 heavy (non-hydrogen) atoms. The van der Waals surface area contributed by atoms with Crippen LogP contribution < -0.4 is 0 Å². The maximum absolute atomic E-state index is 5.83. The second kappa shape index (κ2) is 12.1. The Kier molecular flexibility index (Phi) is 12.2. The number of unbranched alkanes of at least 4 members (excludes halogenated alkanes) is 5. The molecule has 4 heteroatoms. The van der Waals surface area contributed by atoms with E-state index in [1.54, 1.807) is 0 Å². The summed E-state index contributed by atoms with van der Waals surface area (Å²) in [6.07, 6.45) is 8.44. The molecular formula is C14H31O3Si. The predicted molar refractivity (Wildman–Crippen MR) is 78.5 cm³/mol. The number of hydrogen-bond donors (Lipinski definition) is 0. The van der Waals surface area contributed by atoms with Gasteiger partial charge in [0.25, 0.3) is 0 Å². The van der Waals surface area contributed by atoms with Gasteiger partial charge in [-0.05, 0) is 33.6 Å². The molecule has 0 saturated carbocycles. The highest BCUT2D eigenvalue weighted by Gasteiger charge is 2.39. The first kappa shape index (κ1) is 18.1. The van der Waals surface area contributed by atoms with E-state index in [2.05, 4.69) is 13.3 Å². The molecule has 0 aromatic rings. The lowest BCUT2D eigenvalue weighted by atomic mass is 10.1. The van der Waals surface area contributed by atoms with E-state index < -0.39 is 8.80 Å². The lowest BCUT2D eigenvalue weighted by Crippen LogP contribution is -2.45. The van der Waals surface area contributed by atoms with Gasteiger partial charge >= 0.3 is 8.80 Å². The van der Waals surface area contributed by atoms with Crippen LogP contribution in [0.15, 0.2) is 0 Å².